The molecule has 1 N–H and O–H groups in total. The third kappa shape index (κ3) is 2.76. The summed E-state index contributed by atoms with van der Waals surface area (Å²) >= 11 is 0. The Hall–Kier alpha value is -0.850. The summed E-state index contributed by atoms with van der Waals surface area (Å²) in [7, 11) is -3.46. The second-order valence-electron chi connectivity index (χ2n) is 6.57. The van der Waals surface area contributed by atoms with Gasteiger partial charge in [-0.1, -0.05) is 6.92 Å². The van der Waals surface area contributed by atoms with Crippen molar-refractivity contribution < 1.29 is 13.5 Å². The molecule has 2 fully saturated rings. The van der Waals surface area contributed by atoms with Crippen LogP contribution in [0.15, 0.2) is 17.2 Å². The predicted octanol–water partition coefficient (Wildman–Crippen LogP) is 2.12. The van der Waals surface area contributed by atoms with Crippen molar-refractivity contribution >= 4 is 10.0 Å². The maximum absolute atomic E-state index is 12.9. The van der Waals surface area contributed by atoms with Crippen molar-refractivity contribution in [2.75, 3.05) is 6.54 Å². The minimum Gasteiger partial charge on any atom is -0.390 e. The Balaban J connectivity index is 1.94. The van der Waals surface area contributed by atoms with Gasteiger partial charge < -0.3 is 9.67 Å². The maximum Gasteiger partial charge on any atom is 0.244 e. The van der Waals surface area contributed by atoms with Crippen LogP contribution in [0.3, 0.4) is 0 Å². The lowest BCUT2D eigenvalue weighted by molar-refractivity contribution is 0.218. The Morgan fingerprint density at radius 3 is 2.57 bits per heavy atom. The average Bonchev–Trinajstić information content (AvgIpc) is 3.20. The van der Waals surface area contributed by atoms with E-state index in [1.807, 2.05) is 11.5 Å². The molecule has 0 amide bonds. The maximum atomic E-state index is 12.9. The summed E-state index contributed by atoms with van der Waals surface area (Å²) in [4.78, 5) is 0.333. The quantitative estimate of drug-likeness (QED) is 0.926. The van der Waals surface area contributed by atoms with E-state index in [4.69, 9.17) is 0 Å². The van der Waals surface area contributed by atoms with Gasteiger partial charge in [0.15, 0.2) is 0 Å². The van der Waals surface area contributed by atoms with Crippen molar-refractivity contribution in [1.29, 1.82) is 0 Å². The molecule has 6 heteroatoms. The second kappa shape index (κ2) is 5.41. The van der Waals surface area contributed by atoms with Gasteiger partial charge in [-0.3, -0.25) is 0 Å². The topological polar surface area (TPSA) is 62.5 Å². The van der Waals surface area contributed by atoms with Crippen LogP contribution in [0, 0.1) is 5.92 Å². The molecule has 118 valence electrons. The Kier molecular flexibility index (Phi) is 3.88. The molecule has 2 atom stereocenters. The summed E-state index contributed by atoms with van der Waals surface area (Å²) in [5, 5.41) is 9.45. The summed E-state index contributed by atoms with van der Waals surface area (Å²) < 4.78 is 29.4. The van der Waals surface area contributed by atoms with E-state index in [1.54, 1.807) is 16.6 Å². The van der Waals surface area contributed by atoms with Crippen LogP contribution in [0.2, 0.25) is 0 Å². The summed E-state index contributed by atoms with van der Waals surface area (Å²) in [6.45, 7) is 4.56. The van der Waals surface area contributed by atoms with Crippen LogP contribution in [0.4, 0.5) is 0 Å². The molecule has 1 saturated heterocycles. The van der Waals surface area contributed by atoms with E-state index in [2.05, 4.69) is 6.92 Å². The summed E-state index contributed by atoms with van der Waals surface area (Å²) in [5.41, 5.74) is 0.703. The number of hydrogen-bond donors (Lipinski definition) is 1. The molecule has 0 spiro atoms. The minimum atomic E-state index is -3.46. The molecular weight excluding hydrogens is 288 g/mol. The highest BCUT2D eigenvalue weighted by molar-refractivity contribution is 7.89. The molecule has 2 aliphatic rings. The standard InChI is InChI=1S/C15H24N2O3S/c1-11-3-4-12(2)17(8-11)21(19,20)15-7-14(10-18)16(9-15)13-5-6-13/h7,9,11-13,18H,3-6,8,10H2,1-2H3. The van der Waals surface area contributed by atoms with Crippen LogP contribution in [0.1, 0.15) is 51.3 Å². The summed E-state index contributed by atoms with van der Waals surface area (Å²) in [5.74, 6) is 0.402. The Labute approximate surface area is 126 Å². The van der Waals surface area contributed by atoms with Gasteiger partial charge in [0.25, 0.3) is 0 Å². The fraction of sp³-hybridized carbons (Fsp3) is 0.733. The first-order chi connectivity index (χ1) is 9.93. The van der Waals surface area contributed by atoms with Crippen LogP contribution in [-0.4, -0.2) is 35.0 Å². The summed E-state index contributed by atoms with van der Waals surface area (Å²) in [6, 6.07) is 2.06. The number of hydrogen-bond acceptors (Lipinski definition) is 3. The van der Waals surface area contributed by atoms with Crippen LogP contribution >= 0.6 is 0 Å². The number of nitrogens with zero attached hydrogens (tertiary/aromatic N) is 2. The van der Waals surface area contributed by atoms with Gasteiger partial charge in [-0.25, -0.2) is 8.42 Å². The number of aliphatic hydroxyl groups excluding tert-OH is 1. The Morgan fingerprint density at radius 1 is 1.24 bits per heavy atom. The van der Waals surface area contributed by atoms with Crippen molar-refractivity contribution in [1.82, 2.24) is 8.87 Å². The SMILES string of the molecule is CC1CCC(C)N(S(=O)(=O)c2cc(CO)n(C3CC3)c2)C1. The number of aromatic nitrogens is 1. The number of sulfonamides is 1. The molecule has 5 nitrogen and oxygen atoms in total. The van der Waals surface area contributed by atoms with E-state index >= 15 is 0 Å². The van der Waals surface area contributed by atoms with Crippen molar-refractivity contribution in [3.05, 3.63) is 18.0 Å². The zero-order chi connectivity index (χ0) is 15.2. The molecule has 0 radical (unpaired) electrons. The van der Waals surface area contributed by atoms with E-state index in [-0.39, 0.29) is 12.6 Å². The van der Waals surface area contributed by atoms with Crippen LogP contribution < -0.4 is 0 Å². The number of aliphatic hydroxyl groups is 1. The van der Waals surface area contributed by atoms with Gasteiger partial charge in [-0.15, -0.1) is 0 Å². The fourth-order valence-corrected chi connectivity index (χ4v) is 5.01. The molecule has 3 rings (SSSR count). The van der Waals surface area contributed by atoms with Gasteiger partial charge in [0.1, 0.15) is 4.90 Å². The van der Waals surface area contributed by atoms with Crippen molar-refractivity contribution in [2.24, 2.45) is 5.92 Å². The normalized spacial score (nSPS) is 28.0. The van der Waals surface area contributed by atoms with Gasteiger partial charge in [-0.05, 0) is 44.6 Å². The zero-order valence-corrected chi connectivity index (χ0v) is 13.5. The number of piperidine rings is 1. The lowest BCUT2D eigenvalue weighted by Gasteiger charge is -2.35. The van der Waals surface area contributed by atoms with E-state index in [0.717, 1.165) is 25.7 Å². The zero-order valence-electron chi connectivity index (χ0n) is 12.7. The first-order valence-electron chi connectivity index (χ1n) is 7.77. The van der Waals surface area contributed by atoms with Crippen LogP contribution in [0.25, 0.3) is 0 Å². The lowest BCUT2D eigenvalue weighted by Crippen LogP contribution is -2.44. The molecule has 2 unspecified atom stereocenters. The first-order valence-corrected chi connectivity index (χ1v) is 9.21. The summed E-state index contributed by atoms with van der Waals surface area (Å²) in [6.07, 6.45) is 5.84. The van der Waals surface area contributed by atoms with Crippen molar-refractivity contribution in [3.63, 3.8) is 0 Å². The molecular formula is C15H24N2O3S. The van der Waals surface area contributed by atoms with Gasteiger partial charge in [-0.2, -0.15) is 4.31 Å². The van der Waals surface area contributed by atoms with Gasteiger partial charge in [0, 0.05) is 30.5 Å². The van der Waals surface area contributed by atoms with Crippen molar-refractivity contribution in [3.8, 4) is 0 Å². The van der Waals surface area contributed by atoms with Gasteiger partial charge in [0.05, 0.1) is 6.61 Å². The molecule has 1 aromatic heterocycles. The van der Waals surface area contributed by atoms with E-state index < -0.39 is 10.0 Å². The van der Waals surface area contributed by atoms with Gasteiger partial charge in [0.2, 0.25) is 10.0 Å². The van der Waals surface area contributed by atoms with Crippen LogP contribution in [0.5, 0.6) is 0 Å². The van der Waals surface area contributed by atoms with E-state index in [1.165, 1.54) is 0 Å². The van der Waals surface area contributed by atoms with Crippen molar-refractivity contribution in [2.45, 2.75) is 63.1 Å². The largest absolute Gasteiger partial charge is 0.390 e. The highest BCUT2D eigenvalue weighted by atomic mass is 32.2. The third-order valence-electron chi connectivity index (χ3n) is 4.68. The van der Waals surface area contributed by atoms with Gasteiger partial charge >= 0.3 is 0 Å². The Morgan fingerprint density at radius 2 is 1.95 bits per heavy atom. The minimum absolute atomic E-state index is 0.0491. The highest BCUT2D eigenvalue weighted by Gasteiger charge is 2.35. The van der Waals surface area contributed by atoms with Crippen LogP contribution in [-0.2, 0) is 16.6 Å². The monoisotopic (exact) mass is 312 g/mol. The predicted molar refractivity (Wildman–Crippen MR) is 80.4 cm³/mol. The molecule has 1 saturated carbocycles. The Bertz CT molecular complexity index is 619. The highest BCUT2D eigenvalue weighted by Crippen LogP contribution is 2.38. The molecule has 1 aliphatic carbocycles. The molecule has 1 aliphatic heterocycles. The molecule has 21 heavy (non-hydrogen) atoms. The second-order valence-corrected chi connectivity index (χ2v) is 8.46. The first kappa shape index (κ1) is 15.1. The smallest absolute Gasteiger partial charge is 0.244 e. The number of rotatable bonds is 4. The van der Waals surface area contributed by atoms with E-state index in [0.29, 0.717) is 29.1 Å². The molecule has 2 heterocycles. The molecule has 1 aromatic rings. The lowest BCUT2D eigenvalue weighted by atomic mass is 9.97. The average molecular weight is 312 g/mol. The molecule has 0 bridgehead atoms. The fourth-order valence-electron chi connectivity index (χ4n) is 3.18. The van der Waals surface area contributed by atoms with E-state index in [9.17, 15) is 13.5 Å². The third-order valence-corrected chi connectivity index (χ3v) is 6.62. The molecule has 0 aromatic carbocycles.